The Bertz CT molecular complexity index is 787. The first-order chi connectivity index (χ1) is 12.1. The lowest BCUT2D eigenvalue weighted by atomic mass is 10.2. The van der Waals surface area contributed by atoms with Crippen LogP contribution in [0.2, 0.25) is 0 Å². The van der Waals surface area contributed by atoms with Crippen LogP contribution in [-0.4, -0.2) is 52.4 Å². The van der Waals surface area contributed by atoms with Gasteiger partial charge >= 0.3 is 18.0 Å². The van der Waals surface area contributed by atoms with Crippen molar-refractivity contribution in [1.82, 2.24) is 15.2 Å². The molecule has 3 rings (SSSR count). The molecule has 2 aromatic rings. The van der Waals surface area contributed by atoms with Crippen LogP contribution in [-0.2, 0) is 4.79 Å². The molecule has 1 aliphatic heterocycles. The van der Waals surface area contributed by atoms with Crippen molar-refractivity contribution in [3.8, 4) is 0 Å². The Morgan fingerprint density at radius 1 is 1.40 bits per heavy atom. The molecule has 4 amide bonds. The normalized spacial score (nSPS) is 15.8. The van der Waals surface area contributed by atoms with Gasteiger partial charge in [-0.2, -0.15) is 5.10 Å². The van der Waals surface area contributed by atoms with Gasteiger partial charge in [-0.05, 0) is 17.5 Å². The Balaban J connectivity index is 1.64. The monoisotopic (exact) mass is 362 g/mol. The highest BCUT2D eigenvalue weighted by atomic mass is 32.1. The van der Waals surface area contributed by atoms with Gasteiger partial charge in [-0.3, -0.25) is 0 Å². The zero-order valence-corrected chi connectivity index (χ0v) is 13.7. The minimum atomic E-state index is -1.20. The van der Waals surface area contributed by atoms with E-state index in [0.29, 0.717) is 10.4 Å². The van der Waals surface area contributed by atoms with E-state index in [4.69, 9.17) is 4.42 Å². The minimum absolute atomic E-state index is 0.115. The van der Waals surface area contributed by atoms with E-state index in [1.54, 1.807) is 23.6 Å². The number of carboxylic acids is 1. The second kappa shape index (κ2) is 7.18. The molecule has 0 radical (unpaired) electrons. The number of nitrogens with one attached hydrogen (secondary N) is 1. The number of furan rings is 1. The second-order valence-electron chi connectivity index (χ2n) is 5.09. The number of hydrogen-bond acceptors (Lipinski definition) is 6. The average molecular weight is 362 g/mol. The van der Waals surface area contributed by atoms with E-state index in [9.17, 15) is 19.5 Å². The summed E-state index contributed by atoms with van der Waals surface area (Å²) in [5.41, 5.74) is 0.680. The Labute approximate surface area is 146 Å². The first-order valence-electron chi connectivity index (χ1n) is 7.28. The number of rotatable bonds is 5. The van der Waals surface area contributed by atoms with Crippen molar-refractivity contribution in [1.29, 1.82) is 0 Å². The van der Waals surface area contributed by atoms with Crippen LogP contribution in [0, 0.1) is 0 Å². The van der Waals surface area contributed by atoms with Gasteiger partial charge in [0.05, 0.1) is 31.8 Å². The number of imide groups is 1. The van der Waals surface area contributed by atoms with Crippen molar-refractivity contribution in [2.45, 2.75) is 6.04 Å². The molecule has 1 unspecified atom stereocenters. The molecule has 1 aliphatic rings. The number of carbonyl (C=O) groups excluding carboxylic acids is 2. The van der Waals surface area contributed by atoms with Crippen molar-refractivity contribution in [2.24, 2.45) is 5.10 Å². The number of carboxylic acid groups (broad SMARTS) is 1. The molecule has 1 saturated heterocycles. The van der Waals surface area contributed by atoms with Gasteiger partial charge < -0.3 is 14.8 Å². The number of carbonyl (C=O) groups is 3. The molecule has 1 fully saturated rings. The predicted octanol–water partition coefficient (Wildman–Crippen LogP) is 1.95. The number of amides is 4. The third-order valence-electron chi connectivity index (χ3n) is 3.46. The summed E-state index contributed by atoms with van der Waals surface area (Å²) in [4.78, 5) is 37.3. The summed E-state index contributed by atoms with van der Waals surface area (Å²) in [5.74, 6) is -1.20. The molecule has 0 aliphatic carbocycles. The number of urea groups is 2. The van der Waals surface area contributed by atoms with Crippen LogP contribution >= 0.6 is 11.3 Å². The Morgan fingerprint density at radius 2 is 2.24 bits per heavy atom. The lowest BCUT2D eigenvalue weighted by molar-refractivity contribution is -0.139. The fourth-order valence-corrected chi connectivity index (χ4v) is 2.98. The first-order valence-corrected chi connectivity index (χ1v) is 8.16. The van der Waals surface area contributed by atoms with Crippen LogP contribution in [0.1, 0.15) is 16.5 Å². The largest absolute Gasteiger partial charge is 0.479 e. The summed E-state index contributed by atoms with van der Waals surface area (Å²) in [7, 11) is 0. The van der Waals surface area contributed by atoms with Crippen molar-refractivity contribution in [3.63, 3.8) is 0 Å². The third kappa shape index (κ3) is 3.69. The maximum absolute atomic E-state index is 12.3. The molecule has 0 aromatic carbocycles. The number of aliphatic carboxylic acids is 1. The predicted molar refractivity (Wildman–Crippen MR) is 88.3 cm³/mol. The summed E-state index contributed by atoms with van der Waals surface area (Å²) in [6, 6.07) is 2.38. The zero-order chi connectivity index (χ0) is 17.8. The van der Waals surface area contributed by atoms with E-state index in [1.165, 1.54) is 30.1 Å². The number of nitrogens with zero attached hydrogens (tertiary/aromatic N) is 3. The lowest BCUT2D eigenvalue weighted by Crippen LogP contribution is -2.45. The molecule has 1 atom stereocenters. The molecule has 0 bridgehead atoms. The molecule has 3 heterocycles. The molecule has 0 spiro atoms. The van der Waals surface area contributed by atoms with Crippen molar-refractivity contribution in [2.75, 3.05) is 13.1 Å². The quantitative estimate of drug-likeness (QED) is 0.789. The van der Waals surface area contributed by atoms with E-state index in [1.807, 2.05) is 0 Å². The topological polar surface area (TPSA) is 115 Å². The molecule has 9 nitrogen and oxygen atoms in total. The lowest BCUT2D eigenvalue weighted by Gasteiger charge is -2.18. The molecule has 2 aromatic heterocycles. The number of thiophene rings is 1. The molecular weight excluding hydrogens is 348 g/mol. The first kappa shape index (κ1) is 16.7. The van der Waals surface area contributed by atoms with Crippen LogP contribution < -0.4 is 5.32 Å². The zero-order valence-electron chi connectivity index (χ0n) is 12.9. The number of hydrazone groups is 1. The molecule has 25 heavy (non-hydrogen) atoms. The van der Waals surface area contributed by atoms with Gasteiger partial charge in [-0.15, -0.1) is 11.3 Å². The van der Waals surface area contributed by atoms with Crippen LogP contribution in [0.4, 0.5) is 9.59 Å². The molecular formula is C15H14N4O5S. The highest BCUT2D eigenvalue weighted by Gasteiger charge is 2.35. The summed E-state index contributed by atoms with van der Waals surface area (Å²) >= 11 is 1.21. The summed E-state index contributed by atoms with van der Waals surface area (Å²) in [5, 5.41) is 18.5. The van der Waals surface area contributed by atoms with Crippen LogP contribution in [0.15, 0.2) is 45.6 Å². The van der Waals surface area contributed by atoms with Crippen LogP contribution in [0.3, 0.4) is 0 Å². The van der Waals surface area contributed by atoms with E-state index >= 15 is 0 Å². The SMILES string of the molecule is O=C(O)C(NC(=O)N1CCN(N=Cc2ccoc2)C1=O)c1cccs1. The Kier molecular flexibility index (Phi) is 4.80. The third-order valence-corrected chi connectivity index (χ3v) is 4.40. The van der Waals surface area contributed by atoms with Gasteiger partial charge in [0, 0.05) is 10.4 Å². The Morgan fingerprint density at radius 3 is 2.88 bits per heavy atom. The van der Waals surface area contributed by atoms with Crippen LogP contribution in [0.5, 0.6) is 0 Å². The summed E-state index contributed by atoms with van der Waals surface area (Å²) in [6.45, 7) is 0.335. The molecule has 2 N–H and O–H groups in total. The van der Waals surface area contributed by atoms with Gasteiger partial charge in [-0.1, -0.05) is 6.07 Å². The molecule has 130 valence electrons. The van der Waals surface area contributed by atoms with Crippen LogP contribution in [0.25, 0.3) is 0 Å². The minimum Gasteiger partial charge on any atom is -0.479 e. The van der Waals surface area contributed by atoms with Crippen molar-refractivity contribution in [3.05, 3.63) is 46.5 Å². The van der Waals surface area contributed by atoms with Crippen molar-refractivity contribution >= 4 is 35.6 Å². The van der Waals surface area contributed by atoms with E-state index in [0.717, 1.165) is 9.91 Å². The van der Waals surface area contributed by atoms with E-state index in [2.05, 4.69) is 10.4 Å². The Hall–Kier alpha value is -3.14. The summed E-state index contributed by atoms with van der Waals surface area (Å²) < 4.78 is 4.89. The smallest absolute Gasteiger partial charge is 0.348 e. The van der Waals surface area contributed by atoms with Crippen molar-refractivity contribution < 1.29 is 23.9 Å². The maximum Gasteiger partial charge on any atom is 0.348 e. The second-order valence-corrected chi connectivity index (χ2v) is 6.07. The number of hydrogen-bond donors (Lipinski definition) is 2. The van der Waals surface area contributed by atoms with Gasteiger partial charge in [-0.25, -0.2) is 24.3 Å². The molecule has 0 saturated carbocycles. The van der Waals surface area contributed by atoms with Gasteiger partial charge in [0.2, 0.25) is 0 Å². The van der Waals surface area contributed by atoms with E-state index in [-0.39, 0.29) is 13.1 Å². The van der Waals surface area contributed by atoms with Gasteiger partial charge in [0.25, 0.3) is 0 Å². The fourth-order valence-electron chi connectivity index (χ4n) is 2.22. The molecule has 10 heteroatoms. The highest BCUT2D eigenvalue weighted by Crippen LogP contribution is 2.20. The summed E-state index contributed by atoms with van der Waals surface area (Å²) in [6.07, 6.45) is 4.38. The van der Waals surface area contributed by atoms with E-state index < -0.39 is 24.1 Å². The van der Waals surface area contributed by atoms with Gasteiger partial charge in [0.1, 0.15) is 0 Å². The standard InChI is InChI=1S/C15H14N4O5S/c20-13(21)12(11-2-1-7-25-11)17-14(22)18-4-5-19(15(18)23)16-8-10-3-6-24-9-10/h1-3,6-9,12H,4-5H2,(H,17,22)(H,20,21). The van der Waals surface area contributed by atoms with Gasteiger partial charge in [0.15, 0.2) is 6.04 Å². The average Bonchev–Trinajstić information content (AvgIpc) is 3.32. The maximum atomic E-state index is 12.3. The highest BCUT2D eigenvalue weighted by molar-refractivity contribution is 7.10. The fraction of sp³-hybridized carbons (Fsp3) is 0.200.